The maximum Gasteiger partial charge on any atom is 0.273 e. The molecule has 0 saturated carbocycles. The Bertz CT molecular complexity index is 846. The molecule has 2 aromatic rings. The number of rotatable bonds is 3. The number of hydrogen-bond donors (Lipinski definition) is 2. The molecule has 26 heavy (non-hydrogen) atoms. The zero-order valence-corrected chi connectivity index (χ0v) is 15.2. The van der Waals surface area contributed by atoms with Crippen molar-refractivity contribution >= 4 is 23.4 Å². The molecular weight excluding hydrogens is 360 g/mol. The number of furan rings is 1. The van der Waals surface area contributed by atoms with E-state index in [1.54, 1.807) is 32.0 Å². The number of hydrazine groups is 1. The second-order valence-electron chi connectivity index (χ2n) is 5.96. The fourth-order valence-corrected chi connectivity index (χ4v) is 2.95. The van der Waals surface area contributed by atoms with Gasteiger partial charge in [0.1, 0.15) is 11.5 Å². The first kappa shape index (κ1) is 18.1. The highest BCUT2D eigenvalue weighted by Gasteiger charge is 2.18. The minimum absolute atomic E-state index is 0.0278. The number of amides is 2. The molecule has 1 aromatic heterocycles. The van der Waals surface area contributed by atoms with E-state index < -0.39 is 5.91 Å². The summed E-state index contributed by atoms with van der Waals surface area (Å²) >= 11 is 6.21. The van der Waals surface area contributed by atoms with Gasteiger partial charge in [-0.2, -0.15) is 0 Å². The van der Waals surface area contributed by atoms with Crippen molar-refractivity contribution in [2.75, 3.05) is 13.2 Å². The molecular formula is C18H19ClN2O5. The largest absolute Gasteiger partial charge is 0.489 e. The van der Waals surface area contributed by atoms with Gasteiger partial charge in [-0.05, 0) is 37.6 Å². The molecule has 0 aliphatic carbocycles. The number of fused-ring (bicyclic) bond motifs is 1. The van der Waals surface area contributed by atoms with Crippen LogP contribution in [-0.2, 0) is 11.2 Å². The number of benzene rings is 1. The first-order valence-electron chi connectivity index (χ1n) is 8.18. The van der Waals surface area contributed by atoms with Crippen molar-refractivity contribution in [2.24, 2.45) is 0 Å². The Kier molecular flexibility index (Phi) is 5.37. The van der Waals surface area contributed by atoms with E-state index in [2.05, 4.69) is 10.9 Å². The molecule has 2 heterocycles. The Morgan fingerprint density at radius 3 is 2.62 bits per heavy atom. The summed E-state index contributed by atoms with van der Waals surface area (Å²) in [5.74, 6) is 1.30. The Morgan fingerprint density at radius 2 is 1.88 bits per heavy atom. The van der Waals surface area contributed by atoms with Crippen LogP contribution in [0.5, 0.6) is 11.5 Å². The van der Waals surface area contributed by atoms with Crippen molar-refractivity contribution in [3.05, 3.63) is 45.9 Å². The van der Waals surface area contributed by atoms with E-state index in [0.29, 0.717) is 52.4 Å². The summed E-state index contributed by atoms with van der Waals surface area (Å²) in [4.78, 5) is 24.2. The van der Waals surface area contributed by atoms with Crippen LogP contribution in [0.25, 0.3) is 0 Å². The normalized spacial score (nSPS) is 13.0. The summed E-state index contributed by atoms with van der Waals surface area (Å²) in [5, 5.41) is 0.390. The van der Waals surface area contributed by atoms with Gasteiger partial charge >= 0.3 is 0 Å². The van der Waals surface area contributed by atoms with Crippen molar-refractivity contribution in [3.8, 4) is 11.5 Å². The molecule has 2 amide bonds. The quantitative estimate of drug-likeness (QED) is 0.801. The molecule has 0 unspecified atom stereocenters. The molecule has 1 aliphatic rings. The van der Waals surface area contributed by atoms with Crippen LogP contribution in [0.15, 0.2) is 22.6 Å². The van der Waals surface area contributed by atoms with Gasteiger partial charge < -0.3 is 13.9 Å². The number of halogens is 1. The van der Waals surface area contributed by atoms with Crippen LogP contribution in [0.4, 0.5) is 0 Å². The van der Waals surface area contributed by atoms with Crippen molar-refractivity contribution in [3.63, 3.8) is 0 Å². The number of ether oxygens (including phenoxy) is 2. The summed E-state index contributed by atoms with van der Waals surface area (Å²) in [6, 6.07) is 4.98. The van der Waals surface area contributed by atoms with Crippen LogP contribution in [0.3, 0.4) is 0 Å². The van der Waals surface area contributed by atoms with Crippen LogP contribution in [0, 0.1) is 13.8 Å². The zero-order valence-electron chi connectivity index (χ0n) is 14.5. The Labute approximate surface area is 155 Å². The zero-order chi connectivity index (χ0) is 18.7. The van der Waals surface area contributed by atoms with Gasteiger partial charge in [-0.3, -0.25) is 20.4 Å². The molecule has 0 fully saturated rings. The fourth-order valence-electron chi connectivity index (χ4n) is 2.67. The minimum Gasteiger partial charge on any atom is -0.489 e. The lowest BCUT2D eigenvalue weighted by atomic mass is 10.1. The Balaban J connectivity index is 1.61. The van der Waals surface area contributed by atoms with Crippen molar-refractivity contribution in [2.45, 2.75) is 26.7 Å². The van der Waals surface area contributed by atoms with E-state index in [1.165, 1.54) is 0 Å². The molecule has 1 aliphatic heterocycles. The van der Waals surface area contributed by atoms with Gasteiger partial charge in [-0.25, -0.2) is 0 Å². The van der Waals surface area contributed by atoms with Gasteiger partial charge in [0, 0.05) is 6.42 Å². The molecule has 8 heteroatoms. The van der Waals surface area contributed by atoms with Crippen molar-refractivity contribution < 1.29 is 23.5 Å². The Morgan fingerprint density at radius 1 is 1.12 bits per heavy atom. The summed E-state index contributed by atoms with van der Waals surface area (Å²) in [7, 11) is 0. The van der Waals surface area contributed by atoms with Crippen LogP contribution in [-0.4, -0.2) is 25.0 Å². The van der Waals surface area contributed by atoms with E-state index >= 15 is 0 Å². The second-order valence-corrected chi connectivity index (χ2v) is 6.37. The molecule has 1 aromatic carbocycles. The van der Waals surface area contributed by atoms with Crippen LogP contribution < -0.4 is 20.3 Å². The van der Waals surface area contributed by atoms with Crippen LogP contribution in [0.1, 0.15) is 33.9 Å². The van der Waals surface area contributed by atoms with Gasteiger partial charge in [-0.15, -0.1) is 0 Å². The lowest BCUT2D eigenvalue weighted by Gasteiger charge is -2.12. The third-order valence-electron chi connectivity index (χ3n) is 3.83. The standard InChI is InChI=1S/C18H19ClN2O5/c1-10-6-13(11(2)26-10)18(23)21-20-16(22)9-12-7-14(19)17-15(8-12)24-4-3-5-25-17/h6-8H,3-5,9H2,1-2H3,(H,20,22)(H,21,23). The van der Waals surface area contributed by atoms with Gasteiger partial charge in [0.25, 0.3) is 5.91 Å². The molecule has 7 nitrogen and oxygen atoms in total. The predicted octanol–water partition coefficient (Wildman–Crippen LogP) is 2.71. The minimum atomic E-state index is -0.440. The molecule has 0 atom stereocenters. The number of nitrogens with one attached hydrogen (secondary N) is 2. The molecule has 3 rings (SSSR count). The number of carbonyl (C=O) groups is 2. The molecule has 0 saturated heterocycles. The highest BCUT2D eigenvalue weighted by Crippen LogP contribution is 2.38. The molecule has 2 N–H and O–H groups in total. The SMILES string of the molecule is Cc1cc(C(=O)NNC(=O)Cc2cc(Cl)c3c(c2)OCCCO3)c(C)o1. The molecule has 0 bridgehead atoms. The lowest BCUT2D eigenvalue weighted by molar-refractivity contribution is -0.121. The average Bonchev–Trinajstić information content (AvgIpc) is 2.79. The van der Waals surface area contributed by atoms with Gasteiger partial charge in [0.2, 0.25) is 5.91 Å². The molecule has 0 spiro atoms. The summed E-state index contributed by atoms with van der Waals surface area (Å²) < 4.78 is 16.5. The Hall–Kier alpha value is -2.67. The van der Waals surface area contributed by atoms with Gasteiger partial charge in [0.15, 0.2) is 11.5 Å². The third kappa shape index (κ3) is 4.11. The lowest BCUT2D eigenvalue weighted by Crippen LogP contribution is -2.42. The molecule has 138 valence electrons. The van der Waals surface area contributed by atoms with E-state index in [4.69, 9.17) is 25.5 Å². The topological polar surface area (TPSA) is 89.8 Å². The first-order chi connectivity index (χ1) is 12.4. The van der Waals surface area contributed by atoms with Crippen molar-refractivity contribution in [1.29, 1.82) is 0 Å². The first-order valence-corrected chi connectivity index (χ1v) is 8.56. The second kappa shape index (κ2) is 7.70. The summed E-state index contributed by atoms with van der Waals surface area (Å²) in [6.45, 7) is 4.49. The summed E-state index contributed by atoms with van der Waals surface area (Å²) in [6.07, 6.45) is 0.791. The molecule has 0 radical (unpaired) electrons. The van der Waals surface area contributed by atoms with Gasteiger partial charge in [0.05, 0.1) is 30.2 Å². The maximum absolute atomic E-state index is 12.1. The predicted molar refractivity (Wildman–Crippen MR) is 94.6 cm³/mol. The maximum atomic E-state index is 12.1. The van der Waals surface area contributed by atoms with E-state index in [9.17, 15) is 9.59 Å². The number of carbonyl (C=O) groups excluding carboxylic acids is 2. The highest BCUT2D eigenvalue weighted by molar-refractivity contribution is 6.32. The summed E-state index contributed by atoms with van der Waals surface area (Å²) in [5.41, 5.74) is 5.79. The van der Waals surface area contributed by atoms with E-state index in [0.717, 1.165) is 6.42 Å². The average molecular weight is 379 g/mol. The highest BCUT2D eigenvalue weighted by atomic mass is 35.5. The monoisotopic (exact) mass is 378 g/mol. The van der Waals surface area contributed by atoms with E-state index in [1.807, 2.05) is 0 Å². The smallest absolute Gasteiger partial charge is 0.273 e. The number of aryl methyl sites for hydroxylation is 2. The van der Waals surface area contributed by atoms with Crippen LogP contribution in [0.2, 0.25) is 5.02 Å². The van der Waals surface area contributed by atoms with E-state index in [-0.39, 0.29) is 12.3 Å². The number of hydrogen-bond acceptors (Lipinski definition) is 5. The fraction of sp³-hybridized carbons (Fsp3) is 0.333. The van der Waals surface area contributed by atoms with Crippen molar-refractivity contribution in [1.82, 2.24) is 10.9 Å². The van der Waals surface area contributed by atoms with Crippen LogP contribution >= 0.6 is 11.6 Å². The third-order valence-corrected chi connectivity index (χ3v) is 4.11. The van der Waals surface area contributed by atoms with Gasteiger partial charge in [-0.1, -0.05) is 11.6 Å².